The molecule has 0 aliphatic carbocycles. The number of hydrogen-bond donors (Lipinski definition) is 3. The lowest BCUT2D eigenvalue weighted by Crippen LogP contribution is -2.14. The normalized spacial score (nSPS) is 10.2. The van der Waals surface area contributed by atoms with E-state index in [1.807, 2.05) is 55.5 Å². The molecule has 6 heteroatoms. The number of pyridine rings is 1. The molecule has 28 heavy (non-hydrogen) atoms. The molecule has 1 aromatic heterocycles. The van der Waals surface area contributed by atoms with Crippen molar-refractivity contribution in [3.05, 3.63) is 78.0 Å². The topological polar surface area (TPSA) is 83.1 Å². The van der Waals surface area contributed by atoms with Crippen LogP contribution in [0.3, 0.4) is 0 Å². The Kier molecular flexibility index (Phi) is 6.01. The number of hydrogen-bond acceptors (Lipinski definition) is 4. The Bertz CT molecular complexity index is 967. The summed E-state index contributed by atoms with van der Waals surface area (Å²) in [6.07, 6.45) is 1.92. The first-order valence-electron chi connectivity index (χ1n) is 8.94. The Morgan fingerprint density at radius 3 is 2.32 bits per heavy atom. The van der Waals surface area contributed by atoms with Gasteiger partial charge in [-0.2, -0.15) is 0 Å². The van der Waals surface area contributed by atoms with Crippen LogP contribution in [-0.2, 0) is 16.0 Å². The summed E-state index contributed by atoms with van der Waals surface area (Å²) in [6, 6.07) is 18.8. The van der Waals surface area contributed by atoms with E-state index in [-0.39, 0.29) is 11.8 Å². The van der Waals surface area contributed by atoms with Crippen molar-refractivity contribution in [2.75, 3.05) is 16.0 Å². The molecule has 0 aliphatic heterocycles. The molecule has 142 valence electrons. The van der Waals surface area contributed by atoms with Crippen molar-refractivity contribution in [3.63, 3.8) is 0 Å². The van der Waals surface area contributed by atoms with Gasteiger partial charge in [-0.25, -0.2) is 4.98 Å². The molecule has 1 heterocycles. The van der Waals surface area contributed by atoms with Crippen LogP contribution in [-0.4, -0.2) is 16.8 Å². The molecule has 0 radical (unpaired) electrons. The molecule has 2 amide bonds. The van der Waals surface area contributed by atoms with Crippen LogP contribution in [0.1, 0.15) is 18.1 Å². The Balaban J connectivity index is 1.58. The fraction of sp³-hybridized carbons (Fsp3) is 0.136. The van der Waals surface area contributed by atoms with E-state index in [4.69, 9.17) is 0 Å². The zero-order chi connectivity index (χ0) is 19.9. The van der Waals surface area contributed by atoms with Gasteiger partial charge in [0.25, 0.3) is 0 Å². The van der Waals surface area contributed by atoms with Crippen molar-refractivity contribution in [3.8, 4) is 0 Å². The van der Waals surface area contributed by atoms with Crippen LogP contribution in [0.4, 0.5) is 22.9 Å². The lowest BCUT2D eigenvalue weighted by Gasteiger charge is -2.09. The fourth-order valence-corrected chi connectivity index (χ4v) is 2.66. The van der Waals surface area contributed by atoms with Gasteiger partial charge in [0, 0.05) is 18.3 Å². The number of aryl methyl sites for hydroxylation is 1. The molecule has 0 saturated carbocycles. The van der Waals surface area contributed by atoms with E-state index in [0.717, 1.165) is 11.3 Å². The molecule has 3 rings (SSSR count). The monoisotopic (exact) mass is 374 g/mol. The zero-order valence-corrected chi connectivity index (χ0v) is 15.8. The summed E-state index contributed by atoms with van der Waals surface area (Å²) < 4.78 is 0. The highest BCUT2D eigenvalue weighted by atomic mass is 16.2. The molecule has 6 nitrogen and oxygen atoms in total. The lowest BCUT2D eigenvalue weighted by atomic mass is 10.1. The minimum absolute atomic E-state index is 0.0885. The fourth-order valence-electron chi connectivity index (χ4n) is 2.66. The van der Waals surface area contributed by atoms with E-state index in [1.54, 1.807) is 18.3 Å². The van der Waals surface area contributed by atoms with Gasteiger partial charge in [0.05, 0.1) is 18.3 Å². The number of carbonyl (C=O) groups excluding carboxylic acids is 2. The van der Waals surface area contributed by atoms with E-state index >= 15 is 0 Å². The second-order valence-corrected chi connectivity index (χ2v) is 6.53. The summed E-state index contributed by atoms with van der Waals surface area (Å²) in [5.41, 5.74) is 4.27. The molecule has 0 fully saturated rings. The van der Waals surface area contributed by atoms with Crippen LogP contribution in [0.25, 0.3) is 0 Å². The minimum Gasteiger partial charge on any atom is -0.340 e. The Morgan fingerprint density at radius 2 is 1.64 bits per heavy atom. The lowest BCUT2D eigenvalue weighted by molar-refractivity contribution is -0.116. The summed E-state index contributed by atoms with van der Waals surface area (Å²) in [7, 11) is 0. The molecule has 3 aromatic rings. The summed E-state index contributed by atoms with van der Waals surface area (Å²) >= 11 is 0. The van der Waals surface area contributed by atoms with Gasteiger partial charge in [0.1, 0.15) is 5.82 Å². The largest absolute Gasteiger partial charge is 0.340 e. The van der Waals surface area contributed by atoms with Gasteiger partial charge < -0.3 is 16.0 Å². The standard InChI is InChI=1S/C22H22N4O2/c1-15-6-8-17(9-7-15)12-22(28)26-20-10-11-21(23-14-20)25-19-5-3-4-18(13-19)24-16(2)27/h3-11,13-14H,12H2,1-2H3,(H,23,25)(H,24,27)(H,26,28). The minimum atomic E-state index is -0.124. The van der Waals surface area contributed by atoms with Gasteiger partial charge in [-0.3, -0.25) is 9.59 Å². The highest BCUT2D eigenvalue weighted by Gasteiger charge is 2.05. The van der Waals surface area contributed by atoms with Gasteiger partial charge in [0.15, 0.2) is 0 Å². The van der Waals surface area contributed by atoms with Crippen LogP contribution < -0.4 is 16.0 Å². The number of rotatable bonds is 6. The molecular weight excluding hydrogens is 352 g/mol. The van der Waals surface area contributed by atoms with Gasteiger partial charge in [-0.1, -0.05) is 35.9 Å². The van der Waals surface area contributed by atoms with Crippen molar-refractivity contribution in [2.24, 2.45) is 0 Å². The Morgan fingerprint density at radius 1 is 0.893 bits per heavy atom. The molecular formula is C22H22N4O2. The summed E-state index contributed by atoms with van der Waals surface area (Å²) in [4.78, 5) is 27.7. The third kappa shape index (κ3) is 5.67. The maximum atomic E-state index is 12.2. The van der Waals surface area contributed by atoms with E-state index in [9.17, 15) is 9.59 Å². The second kappa shape index (κ2) is 8.81. The summed E-state index contributed by atoms with van der Waals surface area (Å²) in [5, 5.41) is 8.76. The summed E-state index contributed by atoms with van der Waals surface area (Å²) in [5.74, 6) is 0.423. The van der Waals surface area contributed by atoms with Crippen LogP contribution in [0.15, 0.2) is 66.9 Å². The quantitative estimate of drug-likeness (QED) is 0.602. The molecule has 3 N–H and O–H groups in total. The van der Waals surface area contributed by atoms with Crippen LogP contribution in [0, 0.1) is 6.92 Å². The molecule has 0 spiro atoms. The van der Waals surface area contributed by atoms with Gasteiger partial charge in [-0.15, -0.1) is 0 Å². The van der Waals surface area contributed by atoms with Crippen molar-refractivity contribution in [1.29, 1.82) is 0 Å². The first-order valence-corrected chi connectivity index (χ1v) is 8.94. The van der Waals surface area contributed by atoms with Crippen LogP contribution in [0.5, 0.6) is 0 Å². The first kappa shape index (κ1) is 19.1. The average molecular weight is 374 g/mol. The smallest absolute Gasteiger partial charge is 0.228 e. The van der Waals surface area contributed by atoms with Crippen molar-refractivity contribution in [2.45, 2.75) is 20.3 Å². The van der Waals surface area contributed by atoms with E-state index in [2.05, 4.69) is 20.9 Å². The van der Waals surface area contributed by atoms with Gasteiger partial charge in [-0.05, 0) is 42.8 Å². The maximum Gasteiger partial charge on any atom is 0.228 e. The number of carbonyl (C=O) groups is 2. The Labute approximate surface area is 164 Å². The van der Waals surface area contributed by atoms with Crippen LogP contribution >= 0.6 is 0 Å². The molecule has 0 bridgehead atoms. The van der Waals surface area contributed by atoms with Crippen molar-refractivity contribution >= 4 is 34.7 Å². The van der Waals surface area contributed by atoms with Gasteiger partial charge >= 0.3 is 0 Å². The van der Waals surface area contributed by atoms with Crippen molar-refractivity contribution in [1.82, 2.24) is 4.98 Å². The predicted molar refractivity (Wildman–Crippen MR) is 112 cm³/mol. The third-order valence-corrected chi connectivity index (χ3v) is 3.99. The van der Waals surface area contributed by atoms with Crippen molar-refractivity contribution < 1.29 is 9.59 Å². The van der Waals surface area contributed by atoms with E-state index < -0.39 is 0 Å². The number of nitrogens with zero attached hydrogens (tertiary/aromatic N) is 1. The third-order valence-electron chi connectivity index (χ3n) is 3.99. The molecule has 0 atom stereocenters. The maximum absolute atomic E-state index is 12.2. The van der Waals surface area contributed by atoms with E-state index in [0.29, 0.717) is 23.6 Å². The number of nitrogens with one attached hydrogen (secondary N) is 3. The number of benzene rings is 2. The molecule has 0 saturated heterocycles. The first-order chi connectivity index (χ1) is 13.5. The summed E-state index contributed by atoms with van der Waals surface area (Å²) in [6.45, 7) is 3.48. The molecule has 0 unspecified atom stereocenters. The highest BCUT2D eigenvalue weighted by Crippen LogP contribution is 2.20. The number of aromatic nitrogens is 1. The van der Waals surface area contributed by atoms with E-state index in [1.165, 1.54) is 12.5 Å². The van der Waals surface area contributed by atoms with Crippen LogP contribution in [0.2, 0.25) is 0 Å². The number of anilines is 4. The second-order valence-electron chi connectivity index (χ2n) is 6.53. The molecule has 2 aromatic carbocycles. The zero-order valence-electron chi connectivity index (χ0n) is 15.8. The Hall–Kier alpha value is -3.67. The predicted octanol–water partition coefficient (Wildman–Crippen LogP) is 4.27. The van der Waals surface area contributed by atoms with Gasteiger partial charge in [0.2, 0.25) is 11.8 Å². The SMILES string of the molecule is CC(=O)Nc1cccc(Nc2ccc(NC(=O)Cc3ccc(C)cc3)cn2)c1. The highest BCUT2D eigenvalue weighted by molar-refractivity contribution is 5.92. The average Bonchev–Trinajstić information content (AvgIpc) is 2.65. The number of amides is 2. The molecule has 0 aliphatic rings.